The van der Waals surface area contributed by atoms with Gasteiger partial charge in [-0.25, -0.2) is 0 Å². The highest BCUT2D eigenvalue weighted by atomic mass is 16.5. The lowest BCUT2D eigenvalue weighted by Crippen LogP contribution is -2.00. The van der Waals surface area contributed by atoms with E-state index in [-0.39, 0.29) is 0 Å². The Morgan fingerprint density at radius 3 is 3.00 bits per heavy atom. The van der Waals surface area contributed by atoms with Crippen LogP contribution in [0.4, 0.5) is 0 Å². The molecule has 0 atom stereocenters. The van der Waals surface area contributed by atoms with Crippen molar-refractivity contribution in [1.82, 2.24) is 14.7 Å². The summed E-state index contributed by atoms with van der Waals surface area (Å²) in [5.41, 5.74) is 8.06. The second kappa shape index (κ2) is 5.46. The van der Waals surface area contributed by atoms with Gasteiger partial charge in [0.1, 0.15) is 6.54 Å². The molecule has 2 N–H and O–H groups in total. The summed E-state index contributed by atoms with van der Waals surface area (Å²) in [6.45, 7) is 3.24. The number of hydrogen-bond donors (Lipinski definition) is 1. The Morgan fingerprint density at radius 1 is 1.30 bits per heavy atom. The van der Waals surface area contributed by atoms with Crippen molar-refractivity contribution in [2.24, 2.45) is 5.73 Å². The standard InChI is InChI=1S/C15H18N4O/c1-2-4-14-17-15(20-18-14)10-19-8-7-12-11(9-16)5-3-6-13(12)19/h3,5-8H,2,4,9-10,16H2,1H3. The number of hydrogen-bond acceptors (Lipinski definition) is 4. The van der Waals surface area contributed by atoms with Crippen LogP contribution in [0.1, 0.15) is 30.6 Å². The van der Waals surface area contributed by atoms with Crippen molar-refractivity contribution in [1.29, 1.82) is 0 Å². The van der Waals surface area contributed by atoms with Gasteiger partial charge in [0, 0.05) is 30.1 Å². The van der Waals surface area contributed by atoms with Gasteiger partial charge < -0.3 is 14.8 Å². The van der Waals surface area contributed by atoms with Crippen LogP contribution >= 0.6 is 0 Å². The highest BCUT2D eigenvalue weighted by Gasteiger charge is 2.09. The number of fused-ring (bicyclic) bond motifs is 1. The van der Waals surface area contributed by atoms with Gasteiger partial charge in [-0.05, 0) is 24.1 Å². The van der Waals surface area contributed by atoms with E-state index in [1.54, 1.807) is 0 Å². The number of aryl methyl sites for hydroxylation is 1. The van der Waals surface area contributed by atoms with E-state index in [2.05, 4.69) is 39.8 Å². The van der Waals surface area contributed by atoms with E-state index < -0.39 is 0 Å². The summed E-state index contributed by atoms with van der Waals surface area (Å²) < 4.78 is 7.40. The zero-order valence-electron chi connectivity index (χ0n) is 11.5. The Bertz CT molecular complexity index is 714. The normalized spacial score (nSPS) is 11.3. The van der Waals surface area contributed by atoms with E-state index in [9.17, 15) is 0 Å². The van der Waals surface area contributed by atoms with Gasteiger partial charge >= 0.3 is 0 Å². The molecule has 0 unspecified atom stereocenters. The van der Waals surface area contributed by atoms with E-state index in [0.717, 1.165) is 29.7 Å². The zero-order chi connectivity index (χ0) is 13.9. The molecule has 2 aromatic heterocycles. The van der Waals surface area contributed by atoms with Gasteiger partial charge in [-0.2, -0.15) is 4.98 Å². The molecule has 0 amide bonds. The fraction of sp³-hybridized carbons (Fsp3) is 0.333. The number of rotatable bonds is 5. The van der Waals surface area contributed by atoms with Crippen LogP contribution in [0.15, 0.2) is 35.0 Å². The van der Waals surface area contributed by atoms with Crippen LogP contribution in [0, 0.1) is 0 Å². The first-order chi connectivity index (χ1) is 9.81. The second-order valence-corrected chi connectivity index (χ2v) is 4.85. The number of nitrogens with zero attached hydrogens (tertiary/aromatic N) is 3. The lowest BCUT2D eigenvalue weighted by Gasteiger charge is -2.03. The Labute approximate surface area is 117 Å². The van der Waals surface area contributed by atoms with Crippen LogP contribution in [-0.2, 0) is 19.5 Å². The average molecular weight is 270 g/mol. The van der Waals surface area contributed by atoms with Gasteiger partial charge in [0.05, 0.1) is 0 Å². The average Bonchev–Trinajstić information content (AvgIpc) is 3.07. The molecule has 0 aliphatic carbocycles. The Balaban J connectivity index is 1.90. The van der Waals surface area contributed by atoms with Crippen LogP contribution in [0.3, 0.4) is 0 Å². The van der Waals surface area contributed by atoms with Crippen molar-refractivity contribution in [2.45, 2.75) is 32.9 Å². The molecule has 0 radical (unpaired) electrons. The fourth-order valence-corrected chi connectivity index (χ4v) is 2.43. The van der Waals surface area contributed by atoms with Crippen LogP contribution in [0.2, 0.25) is 0 Å². The summed E-state index contributed by atoms with van der Waals surface area (Å²) in [6.07, 6.45) is 3.91. The minimum Gasteiger partial charge on any atom is -0.338 e. The highest BCUT2D eigenvalue weighted by molar-refractivity contribution is 5.83. The molecule has 3 rings (SSSR count). The topological polar surface area (TPSA) is 69.9 Å². The lowest BCUT2D eigenvalue weighted by molar-refractivity contribution is 0.367. The molecule has 0 bridgehead atoms. The molecule has 104 valence electrons. The molecule has 20 heavy (non-hydrogen) atoms. The molecule has 3 aromatic rings. The molecule has 1 aromatic carbocycles. The van der Waals surface area contributed by atoms with Gasteiger partial charge in [0.2, 0.25) is 5.89 Å². The first-order valence-corrected chi connectivity index (χ1v) is 6.90. The van der Waals surface area contributed by atoms with Crippen molar-refractivity contribution in [3.63, 3.8) is 0 Å². The van der Waals surface area contributed by atoms with Crippen molar-refractivity contribution >= 4 is 10.9 Å². The third-order valence-corrected chi connectivity index (χ3v) is 3.41. The molecule has 5 heteroatoms. The Hall–Kier alpha value is -2.14. The third-order valence-electron chi connectivity index (χ3n) is 3.41. The predicted octanol–water partition coefficient (Wildman–Crippen LogP) is 2.48. The third kappa shape index (κ3) is 2.32. The smallest absolute Gasteiger partial charge is 0.246 e. The second-order valence-electron chi connectivity index (χ2n) is 4.85. The van der Waals surface area contributed by atoms with Crippen LogP contribution < -0.4 is 5.73 Å². The Kier molecular flexibility index (Phi) is 3.52. The summed E-state index contributed by atoms with van der Waals surface area (Å²) in [6, 6.07) is 8.24. The van der Waals surface area contributed by atoms with Gasteiger partial charge in [0.25, 0.3) is 0 Å². The van der Waals surface area contributed by atoms with E-state index in [0.29, 0.717) is 19.0 Å². The number of aromatic nitrogens is 3. The number of benzene rings is 1. The minimum atomic E-state index is 0.544. The molecule has 0 aliphatic heterocycles. The predicted molar refractivity (Wildman–Crippen MR) is 77.2 cm³/mol. The molecule has 0 spiro atoms. The molecular formula is C15H18N4O. The van der Waals surface area contributed by atoms with Crippen molar-refractivity contribution in [3.8, 4) is 0 Å². The monoisotopic (exact) mass is 270 g/mol. The van der Waals surface area contributed by atoms with E-state index in [1.807, 2.05) is 12.3 Å². The molecule has 0 saturated carbocycles. The zero-order valence-corrected chi connectivity index (χ0v) is 11.5. The van der Waals surface area contributed by atoms with E-state index >= 15 is 0 Å². The maximum Gasteiger partial charge on any atom is 0.246 e. The van der Waals surface area contributed by atoms with Crippen molar-refractivity contribution in [3.05, 3.63) is 47.7 Å². The SMILES string of the molecule is CCCc1noc(Cn2ccc3c(CN)cccc32)n1. The molecule has 0 saturated heterocycles. The van der Waals surface area contributed by atoms with E-state index in [4.69, 9.17) is 10.3 Å². The highest BCUT2D eigenvalue weighted by Crippen LogP contribution is 2.20. The van der Waals surface area contributed by atoms with Gasteiger partial charge in [-0.1, -0.05) is 24.2 Å². The van der Waals surface area contributed by atoms with Crippen molar-refractivity contribution < 1.29 is 4.52 Å². The first kappa shape index (κ1) is 12.9. The number of nitrogens with two attached hydrogens (primary N) is 1. The molecule has 0 fully saturated rings. The van der Waals surface area contributed by atoms with Crippen molar-refractivity contribution in [2.75, 3.05) is 0 Å². The molecular weight excluding hydrogens is 252 g/mol. The summed E-state index contributed by atoms with van der Waals surface area (Å²) in [4.78, 5) is 4.40. The minimum absolute atomic E-state index is 0.544. The summed E-state index contributed by atoms with van der Waals surface area (Å²) in [7, 11) is 0. The summed E-state index contributed by atoms with van der Waals surface area (Å²) in [5.74, 6) is 1.42. The quantitative estimate of drug-likeness (QED) is 0.773. The largest absolute Gasteiger partial charge is 0.338 e. The summed E-state index contributed by atoms with van der Waals surface area (Å²) in [5, 5.41) is 5.16. The molecule has 5 nitrogen and oxygen atoms in total. The van der Waals surface area contributed by atoms with Crippen LogP contribution in [-0.4, -0.2) is 14.7 Å². The maximum absolute atomic E-state index is 5.76. The fourth-order valence-electron chi connectivity index (χ4n) is 2.43. The molecule has 2 heterocycles. The van der Waals surface area contributed by atoms with Crippen LogP contribution in [0.25, 0.3) is 10.9 Å². The first-order valence-electron chi connectivity index (χ1n) is 6.90. The maximum atomic E-state index is 5.76. The summed E-state index contributed by atoms with van der Waals surface area (Å²) >= 11 is 0. The van der Waals surface area contributed by atoms with Gasteiger partial charge in [-0.3, -0.25) is 0 Å². The van der Waals surface area contributed by atoms with Gasteiger partial charge in [-0.15, -0.1) is 0 Å². The molecule has 0 aliphatic rings. The van der Waals surface area contributed by atoms with E-state index in [1.165, 1.54) is 5.39 Å². The van der Waals surface area contributed by atoms with Crippen LogP contribution in [0.5, 0.6) is 0 Å². The Morgan fingerprint density at radius 2 is 2.20 bits per heavy atom. The lowest BCUT2D eigenvalue weighted by atomic mass is 10.1. The van der Waals surface area contributed by atoms with Gasteiger partial charge in [0.15, 0.2) is 5.82 Å².